The number of aromatic nitrogens is 3. The summed E-state index contributed by atoms with van der Waals surface area (Å²) < 4.78 is 0. The minimum Gasteiger partial charge on any atom is -0.345 e. The molecule has 0 radical (unpaired) electrons. The molecule has 1 N–H and O–H groups in total. The molecule has 0 fully saturated rings. The smallest absolute Gasteiger partial charge is 0.253 e. The minimum absolute atomic E-state index is 0.00255. The van der Waals surface area contributed by atoms with E-state index in [9.17, 15) is 4.79 Å². The van der Waals surface area contributed by atoms with Crippen molar-refractivity contribution in [1.82, 2.24) is 20.1 Å². The molecule has 0 saturated carbocycles. The van der Waals surface area contributed by atoms with Gasteiger partial charge in [0.15, 0.2) is 5.65 Å². The van der Waals surface area contributed by atoms with Crippen molar-refractivity contribution in [3.63, 3.8) is 0 Å². The fourth-order valence-electron chi connectivity index (χ4n) is 3.45. The van der Waals surface area contributed by atoms with Gasteiger partial charge in [0.25, 0.3) is 5.91 Å². The molecule has 1 amide bonds. The molecule has 1 aromatic carbocycles. The van der Waals surface area contributed by atoms with Gasteiger partial charge in [0.1, 0.15) is 0 Å². The third-order valence-corrected chi connectivity index (χ3v) is 4.86. The van der Waals surface area contributed by atoms with E-state index in [0.717, 1.165) is 40.7 Å². The van der Waals surface area contributed by atoms with Gasteiger partial charge in [-0.2, -0.15) is 5.10 Å². The van der Waals surface area contributed by atoms with Crippen LogP contribution in [0.15, 0.2) is 42.6 Å². The molecule has 26 heavy (non-hydrogen) atoms. The first kappa shape index (κ1) is 16.5. The maximum absolute atomic E-state index is 12.2. The van der Waals surface area contributed by atoms with E-state index in [-0.39, 0.29) is 5.91 Å². The van der Waals surface area contributed by atoms with Crippen LogP contribution in [0.25, 0.3) is 27.7 Å². The van der Waals surface area contributed by atoms with E-state index in [4.69, 9.17) is 0 Å². The van der Waals surface area contributed by atoms with Gasteiger partial charge in [-0.25, -0.2) is 4.98 Å². The van der Waals surface area contributed by atoms with Gasteiger partial charge in [-0.3, -0.25) is 9.89 Å². The Kier molecular flexibility index (Phi) is 4.29. The highest BCUT2D eigenvalue weighted by atomic mass is 16.2. The molecule has 0 unspecified atom stereocenters. The number of amides is 1. The van der Waals surface area contributed by atoms with Gasteiger partial charge in [0.05, 0.1) is 5.69 Å². The van der Waals surface area contributed by atoms with Crippen LogP contribution in [0.4, 0.5) is 0 Å². The number of benzene rings is 1. The van der Waals surface area contributed by atoms with Crippen molar-refractivity contribution in [2.45, 2.75) is 25.7 Å². The first-order valence-corrected chi connectivity index (χ1v) is 8.99. The fraction of sp³-hybridized carbons (Fsp3) is 0.286. The van der Waals surface area contributed by atoms with E-state index in [2.05, 4.69) is 27.3 Å². The second kappa shape index (κ2) is 6.75. The predicted octanol–water partition coefficient (Wildman–Crippen LogP) is 4.28. The maximum atomic E-state index is 12.2. The van der Waals surface area contributed by atoms with Crippen LogP contribution in [-0.4, -0.2) is 40.1 Å². The molecule has 2 heterocycles. The topological polar surface area (TPSA) is 61.9 Å². The summed E-state index contributed by atoms with van der Waals surface area (Å²) in [4.78, 5) is 18.4. The molecule has 0 atom stereocenters. The highest BCUT2D eigenvalue weighted by molar-refractivity contribution is 5.96. The van der Waals surface area contributed by atoms with E-state index < -0.39 is 0 Å². The molecule has 1 aliphatic rings. The Labute approximate surface area is 152 Å². The number of nitrogens with zero attached hydrogens (tertiary/aromatic N) is 3. The first-order chi connectivity index (χ1) is 12.6. The number of rotatable bonds is 3. The molecule has 4 rings (SSSR count). The molecule has 0 saturated heterocycles. The number of H-pyrrole nitrogens is 1. The molecule has 0 bridgehead atoms. The van der Waals surface area contributed by atoms with Crippen molar-refractivity contribution in [2.24, 2.45) is 0 Å². The summed E-state index contributed by atoms with van der Waals surface area (Å²) in [5.74, 6) is -0.00255. The number of hydrogen-bond donors (Lipinski definition) is 1. The Hall–Kier alpha value is -2.95. The van der Waals surface area contributed by atoms with Crippen molar-refractivity contribution < 1.29 is 4.79 Å². The predicted molar refractivity (Wildman–Crippen MR) is 104 cm³/mol. The number of aromatic amines is 1. The van der Waals surface area contributed by atoms with Crippen molar-refractivity contribution in [3.05, 3.63) is 53.9 Å². The summed E-state index contributed by atoms with van der Waals surface area (Å²) in [6, 6.07) is 9.81. The Bertz CT molecular complexity index is 1000. The Morgan fingerprint density at radius 1 is 1.15 bits per heavy atom. The van der Waals surface area contributed by atoms with Crippen LogP contribution < -0.4 is 0 Å². The maximum Gasteiger partial charge on any atom is 0.253 e. The molecule has 0 aliphatic heterocycles. The van der Waals surface area contributed by atoms with E-state index >= 15 is 0 Å². The van der Waals surface area contributed by atoms with Crippen LogP contribution >= 0.6 is 0 Å². The van der Waals surface area contributed by atoms with Gasteiger partial charge in [-0.15, -0.1) is 0 Å². The largest absolute Gasteiger partial charge is 0.345 e. The quantitative estimate of drug-likeness (QED) is 0.770. The van der Waals surface area contributed by atoms with Crippen molar-refractivity contribution in [3.8, 4) is 11.1 Å². The van der Waals surface area contributed by atoms with Crippen LogP contribution in [-0.2, 0) is 0 Å². The molecular weight excluding hydrogens is 324 g/mol. The molecule has 5 nitrogen and oxygen atoms in total. The average molecular weight is 346 g/mol. The van der Waals surface area contributed by atoms with Gasteiger partial charge in [-0.05, 0) is 55.0 Å². The molecule has 132 valence electrons. The molecule has 2 aromatic heterocycles. The summed E-state index contributed by atoms with van der Waals surface area (Å²) in [6.07, 6.45) is 8.77. The van der Waals surface area contributed by atoms with Crippen molar-refractivity contribution in [2.75, 3.05) is 14.1 Å². The average Bonchev–Trinajstić information content (AvgIpc) is 3.11. The summed E-state index contributed by atoms with van der Waals surface area (Å²) in [7, 11) is 3.52. The van der Waals surface area contributed by atoms with Gasteiger partial charge in [0, 0.05) is 36.8 Å². The Morgan fingerprint density at radius 3 is 2.81 bits per heavy atom. The zero-order chi connectivity index (χ0) is 18.1. The normalized spacial score (nSPS) is 14.3. The lowest BCUT2D eigenvalue weighted by Crippen LogP contribution is -2.21. The van der Waals surface area contributed by atoms with Gasteiger partial charge >= 0.3 is 0 Å². The molecular formula is C21H22N4O. The molecule has 1 aliphatic carbocycles. The summed E-state index contributed by atoms with van der Waals surface area (Å²) >= 11 is 0. The second-order valence-electron chi connectivity index (χ2n) is 6.95. The van der Waals surface area contributed by atoms with E-state index in [1.54, 1.807) is 19.0 Å². The van der Waals surface area contributed by atoms with Crippen molar-refractivity contribution >= 4 is 22.5 Å². The van der Waals surface area contributed by atoms with Crippen LogP contribution in [0.2, 0.25) is 0 Å². The minimum atomic E-state index is -0.00255. The van der Waals surface area contributed by atoms with Crippen LogP contribution in [0, 0.1) is 0 Å². The van der Waals surface area contributed by atoms with E-state index in [1.807, 2.05) is 30.5 Å². The number of carbonyl (C=O) groups is 1. The third kappa shape index (κ3) is 3.01. The number of nitrogens with one attached hydrogen (secondary N) is 1. The highest BCUT2D eigenvalue weighted by Gasteiger charge is 2.15. The summed E-state index contributed by atoms with van der Waals surface area (Å²) in [5, 5.41) is 8.59. The zero-order valence-corrected chi connectivity index (χ0v) is 15.1. The number of hydrogen-bond acceptors (Lipinski definition) is 3. The SMILES string of the molecule is CN(C)C(=O)c1cccc(-c2cnc3[nH]nc(C4=CCCCC4)c3c2)c1. The van der Waals surface area contributed by atoms with Crippen molar-refractivity contribution in [1.29, 1.82) is 0 Å². The summed E-state index contributed by atoms with van der Waals surface area (Å²) in [5.41, 5.74) is 5.76. The van der Waals surface area contributed by atoms with Gasteiger partial charge in [-0.1, -0.05) is 18.2 Å². The molecule has 3 aromatic rings. The second-order valence-corrected chi connectivity index (χ2v) is 6.95. The lowest BCUT2D eigenvalue weighted by Gasteiger charge is -2.12. The number of carbonyl (C=O) groups excluding carboxylic acids is 1. The number of allylic oxidation sites excluding steroid dienone is 2. The lowest BCUT2D eigenvalue weighted by molar-refractivity contribution is 0.0827. The Morgan fingerprint density at radius 2 is 2.04 bits per heavy atom. The van der Waals surface area contributed by atoms with Gasteiger partial charge in [0.2, 0.25) is 0 Å². The standard InChI is InChI=1S/C21H22N4O/c1-25(2)21(26)16-10-6-9-15(11-16)17-12-18-19(14-7-4-3-5-8-14)23-24-20(18)22-13-17/h6-7,9-13H,3-5,8H2,1-2H3,(H,22,23,24). The zero-order valence-electron chi connectivity index (χ0n) is 15.1. The molecule has 0 spiro atoms. The number of fused-ring (bicyclic) bond motifs is 1. The van der Waals surface area contributed by atoms with Crippen LogP contribution in [0.1, 0.15) is 41.7 Å². The molecule has 5 heteroatoms. The third-order valence-electron chi connectivity index (χ3n) is 4.86. The van der Waals surface area contributed by atoms with Crippen LogP contribution in [0.5, 0.6) is 0 Å². The van der Waals surface area contributed by atoms with Gasteiger partial charge < -0.3 is 4.90 Å². The number of pyridine rings is 1. The highest BCUT2D eigenvalue weighted by Crippen LogP contribution is 2.31. The first-order valence-electron chi connectivity index (χ1n) is 8.99. The van der Waals surface area contributed by atoms with E-state index in [0.29, 0.717) is 5.56 Å². The monoisotopic (exact) mass is 346 g/mol. The van der Waals surface area contributed by atoms with E-state index in [1.165, 1.54) is 18.4 Å². The lowest BCUT2D eigenvalue weighted by atomic mass is 9.95. The Balaban J connectivity index is 1.77. The van der Waals surface area contributed by atoms with Crippen LogP contribution in [0.3, 0.4) is 0 Å². The summed E-state index contributed by atoms with van der Waals surface area (Å²) in [6.45, 7) is 0. The fourth-order valence-corrected chi connectivity index (χ4v) is 3.45.